The standard InChI is InChI=1S/C11H16N2OS/c1-2-7-3-4-9-8(5-7)6-10(15-9)11(14)13-12/h6-7H,2-5,12H2,1H3,(H,13,14)/t7-/m0/s1. The highest BCUT2D eigenvalue weighted by Gasteiger charge is 2.21. The van der Waals surface area contributed by atoms with Gasteiger partial charge in [-0.1, -0.05) is 13.3 Å². The monoisotopic (exact) mass is 224 g/mol. The molecule has 3 N–H and O–H groups in total. The molecule has 3 nitrogen and oxygen atoms in total. The lowest BCUT2D eigenvalue weighted by Crippen LogP contribution is -2.29. The third-order valence-corrected chi connectivity index (χ3v) is 4.35. The second-order valence-electron chi connectivity index (χ2n) is 4.05. The van der Waals surface area contributed by atoms with Crippen LogP contribution in [0.2, 0.25) is 0 Å². The smallest absolute Gasteiger partial charge is 0.275 e. The van der Waals surface area contributed by atoms with Gasteiger partial charge in [0.25, 0.3) is 5.91 Å². The molecule has 4 heteroatoms. The lowest BCUT2D eigenvalue weighted by Gasteiger charge is -2.19. The van der Waals surface area contributed by atoms with E-state index in [0.717, 1.165) is 23.6 Å². The summed E-state index contributed by atoms with van der Waals surface area (Å²) in [6.45, 7) is 2.23. The third-order valence-electron chi connectivity index (χ3n) is 3.12. The number of hydrazine groups is 1. The van der Waals surface area contributed by atoms with Crippen LogP contribution in [0.15, 0.2) is 6.07 Å². The zero-order chi connectivity index (χ0) is 10.8. The van der Waals surface area contributed by atoms with E-state index in [1.165, 1.54) is 23.3 Å². The predicted molar refractivity (Wildman–Crippen MR) is 61.8 cm³/mol. The number of aryl methyl sites for hydroxylation is 1. The number of nitrogens with one attached hydrogen (secondary N) is 1. The molecular formula is C11H16N2OS. The molecule has 0 bridgehead atoms. The van der Waals surface area contributed by atoms with Gasteiger partial charge in [-0.15, -0.1) is 11.3 Å². The summed E-state index contributed by atoms with van der Waals surface area (Å²) in [7, 11) is 0. The van der Waals surface area contributed by atoms with Gasteiger partial charge in [0.05, 0.1) is 4.88 Å². The summed E-state index contributed by atoms with van der Waals surface area (Å²) in [6, 6.07) is 2.00. The van der Waals surface area contributed by atoms with Crippen LogP contribution in [0.25, 0.3) is 0 Å². The molecule has 0 radical (unpaired) electrons. The quantitative estimate of drug-likeness (QED) is 0.458. The summed E-state index contributed by atoms with van der Waals surface area (Å²) in [5, 5.41) is 0. The van der Waals surface area contributed by atoms with Crippen LogP contribution < -0.4 is 11.3 Å². The highest BCUT2D eigenvalue weighted by Crippen LogP contribution is 2.33. The highest BCUT2D eigenvalue weighted by molar-refractivity contribution is 7.14. The Morgan fingerprint density at radius 2 is 2.53 bits per heavy atom. The first-order valence-corrected chi connectivity index (χ1v) is 6.18. The molecule has 0 aliphatic heterocycles. The fourth-order valence-corrected chi connectivity index (χ4v) is 3.24. The Hall–Kier alpha value is -0.870. The van der Waals surface area contributed by atoms with E-state index in [9.17, 15) is 4.79 Å². The molecule has 2 rings (SSSR count). The number of carbonyl (C=O) groups is 1. The Morgan fingerprint density at radius 3 is 3.20 bits per heavy atom. The van der Waals surface area contributed by atoms with Gasteiger partial charge in [-0.05, 0) is 36.8 Å². The van der Waals surface area contributed by atoms with Crippen molar-refractivity contribution in [1.82, 2.24) is 5.43 Å². The van der Waals surface area contributed by atoms with E-state index in [0.29, 0.717) is 0 Å². The first-order chi connectivity index (χ1) is 7.24. The first-order valence-electron chi connectivity index (χ1n) is 5.37. The van der Waals surface area contributed by atoms with E-state index in [2.05, 4.69) is 12.3 Å². The van der Waals surface area contributed by atoms with Crippen LogP contribution in [-0.2, 0) is 12.8 Å². The van der Waals surface area contributed by atoms with E-state index < -0.39 is 0 Å². The Balaban J connectivity index is 2.21. The molecule has 1 aromatic rings. The van der Waals surface area contributed by atoms with Crippen molar-refractivity contribution in [2.45, 2.75) is 32.6 Å². The number of nitrogens with two attached hydrogens (primary N) is 1. The van der Waals surface area contributed by atoms with Crippen molar-refractivity contribution in [3.05, 3.63) is 21.4 Å². The molecule has 1 aliphatic rings. The molecule has 15 heavy (non-hydrogen) atoms. The first kappa shape index (κ1) is 10.6. The summed E-state index contributed by atoms with van der Waals surface area (Å²) < 4.78 is 0. The van der Waals surface area contributed by atoms with Crippen LogP contribution in [-0.4, -0.2) is 5.91 Å². The van der Waals surface area contributed by atoms with Crippen LogP contribution in [0.4, 0.5) is 0 Å². The molecular weight excluding hydrogens is 208 g/mol. The van der Waals surface area contributed by atoms with E-state index in [4.69, 9.17) is 5.84 Å². The number of fused-ring (bicyclic) bond motifs is 1. The third kappa shape index (κ3) is 2.06. The maximum absolute atomic E-state index is 11.4. The highest BCUT2D eigenvalue weighted by atomic mass is 32.1. The topological polar surface area (TPSA) is 55.1 Å². The summed E-state index contributed by atoms with van der Waals surface area (Å²) in [5.74, 6) is 5.75. The van der Waals surface area contributed by atoms with Crippen molar-refractivity contribution in [3.8, 4) is 0 Å². The minimum absolute atomic E-state index is 0.164. The molecule has 1 heterocycles. The number of rotatable bonds is 2. The van der Waals surface area contributed by atoms with Crippen molar-refractivity contribution < 1.29 is 4.79 Å². The number of hydrogen-bond donors (Lipinski definition) is 2. The van der Waals surface area contributed by atoms with Crippen LogP contribution in [0, 0.1) is 5.92 Å². The molecule has 1 aliphatic carbocycles. The van der Waals surface area contributed by atoms with Gasteiger partial charge in [-0.2, -0.15) is 0 Å². The number of thiophene rings is 1. The van der Waals surface area contributed by atoms with E-state index >= 15 is 0 Å². The molecule has 82 valence electrons. The molecule has 0 fully saturated rings. The molecule has 0 spiro atoms. The van der Waals surface area contributed by atoms with Gasteiger partial charge in [-0.3, -0.25) is 10.2 Å². The lowest BCUT2D eigenvalue weighted by molar-refractivity contribution is 0.0957. The van der Waals surface area contributed by atoms with E-state index in [1.54, 1.807) is 11.3 Å². The van der Waals surface area contributed by atoms with Crippen molar-refractivity contribution in [2.24, 2.45) is 11.8 Å². The number of nitrogen functional groups attached to an aromatic ring is 1. The van der Waals surface area contributed by atoms with Crippen molar-refractivity contribution in [2.75, 3.05) is 0 Å². The minimum atomic E-state index is -0.164. The Kier molecular flexibility index (Phi) is 3.07. The normalized spacial score (nSPS) is 19.7. The van der Waals surface area contributed by atoms with Crippen molar-refractivity contribution in [3.63, 3.8) is 0 Å². The average Bonchev–Trinajstić information content (AvgIpc) is 2.70. The van der Waals surface area contributed by atoms with E-state index in [-0.39, 0.29) is 5.91 Å². The van der Waals surface area contributed by atoms with Gasteiger partial charge in [0.1, 0.15) is 0 Å². The zero-order valence-corrected chi connectivity index (χ0v) is 9.69. The Labute approximate surface area is 93.6 Å². The van der Waals surface area contributed by atoms with Gasteiger partial charge in [0, 0.05) is 4.88 Å². The number of amides is 1. The zero-order valence-electron chi connectivity index (χ0n) is 8.88. The van der Waals surface area contributed by atoms with Crippen molar-refractivity contribution >= 4 is 17.2 Å². The maximum atomic E-state index is 11.4. The van der Waals surface area contributed by atoms with E-state index in [1.807, 2.05) is 6.07 Å². The summed E-state index contributed by atoms with van der Waals surface area (Å²) in [6.07, 6.45) is 4.73. The van der Waals surface area contributed by atoms with Gasteiger partial charge in [0.15, 0.2) is 0 Å². The molecule has 1 amide bonds. The van der Waals surface area contributed by atoms with Gasteiger partial charge >= 0.3 is 0 Å². The fourth-order valence-electron chi connectivity index (χ4n) is 2.13. The van der Waals surface area contributed by atoms with Gasteiger partial charge < -0.3 is 0 Å². The Morgan fingerprint density at radius 1 is 1.73 bits per heavy atom. The van der Waals surface area contributed by atoms with Crippen LogP contribution in [0.3, 0.4) is 0 Å². The second kappa shape index (κ2) is 4.33. The van der Waals surface area contributed by atoms with Crippen LogP contribution in [0.5, 0.6) is 0 Å². The number of hydrogen-bond acceptors (Lipinski definition) is 3. The van der Waals surface area contributed by atoms with Crippen LogP contribution in [0.1, 0.15) is 39.9 Å². The largest absolute Gasteiger partial charge is 0.289 e. The van der Waals surface area contributed by atoms with Gasteiger partial charge in [0.2, 0.25) is 0 Å². The van der Waals surface area contributed by atoms with Crippen molar-refractivity contribution in [1.29, 1.82) is 0 Å². The number of carbonyl (C=O) groups excluding carboxylic acids is 1. The SMILES string of the molecule is CC[C@H]1CCc2sc(C(=O)NN)cc2C1. The molecule has 1 aromatic heterocycles. The average molecular weight is 224 g/mol. The second-order valence-corrected chi connectivity index (χ2v) is 5.19. The minimum Gasteiger partial charge on any atom is -0.289 e. The van der Waals surface area contributed by atoms with Crippen LogP contribution >= 0.6 is 11.3 Å². The molecule has 0 unspecified atom stereocenters. The molecule has 0 aromatic carbocycles. The van der Waals surface area contributed by atoms with Gasteiger partial charge in [-0.25, -0.2) is 5.84 Å². The fraction of sp³-hybridized carbons (Fsp3) is 0.545. The lowest BCUT2D eigenvalue weighted by atomic mass is 9.87. The molecule has 0 saturated heterocycles. The predicted octanol–water partition coefficient (Wildman–Crippen LogP) is 1.87. The molecule has 1 atom stereocenters. The maximum Gasteiger partial charge on any atom is 0.275 e. The summed E-state index contributed by atoms with van der Waals surface area (Å²) in [5.41, 5.74) is 3.55. The summed E-state index contributed by atoms with van der Waals surface area (Å²) >= 11 is 1.59. The molecule has 0 saturated carbocycles. The Bertz CT molecular complexity index is 373. The summed E-state index contributed by atoms with van der Waals surface area (Å²) in [4.78, 5) is 13.5.